The predicted molar refractivity (Wildman–Crippen MR) is 73.0 cm³/mol. The first-order chi connectivity index (χ1) is 8.95. The maximum Gasteiger partial charge on any atom is 0.311 e. The van der Waals surface area contributed by atoms with Crippen LogP contribution in [0.15, 0.2) is 30.3 Å². The largest absolute Gasteiger partial charge is 0.491 e. The summed E-state index contributed by atoms with van der Waals surface area (Å²) in [7, 11) is 0. The summed E-state index contributed by atoms with van der Waals surface area (Å²) in [5.74, 6) is 0.385. The number of aliphatic hydroxyl groups excluding tert-OH is 1. The van der Waals surface area contributed by atoms with E-state index in [2.05, 4.69) is 0 Å². The van der Waals surface area contributed by atoms with Crippen LogP contribution < -0.4 is 4.74 Å². The lowest BCUT2D eigenvalue weighted by Gasteiger charge is -2.21. The molecule has 1 rings (SSSR count). The van der Waals surface area contributed by atoms with Gasteiger partial charge in [0.2, 0.25) is 0 Å². The van der Waals surface area contributed by atoms with Crippen LogP contribution in [0, 0.1) is 5.41 Å². The maximum absolute atomic E-state index is 11.7. The zero-order chi connectivity index (χ0) is 14.3. The summed E-state index contributed by atoms with van der Waals surface area (Å²) in [6, 6.07) is 9.20. The van der Waals surface area contributed by atoms with Gasteiger partial charge in [0, 0.05) is 0 Å². The van der Waals surface area contributed by atoms with Crippen LogP contribution in [0.4, 0.5) is 0 Å². The van der Waals surface area contributed by atoms with E-state index in [4.69, 9.17) is 9.47 Å². The molecule has 0 saturated carbocycles. The Labute approximate surface area is 114 Å². The highest BCUT2D eigenvalue weighted by Crippen LogP contribution is 2.21. The Kier molecular flexibility index (Phi) is 5.83. The van der Waals surface area contributed by atoms with Crippen molar-refractivity contribution >= 4 is 5.97 Å². The second kappa shape index (κ2) is 7.14. The van der Waals surface area contributed by atoms with Gasteiger partial charge in [-0.1, -0.05) is 25.1 Å². The van der Waals surface area contributed by atoms with Gasteiger partial charge >= 0.3 is 5.97 Å². The zero-order valence-corrected chi connectivity index (χ0v) is 11.8. The van der Waals surface area contributed by atoms with Crippen molar-refractivity contribution in [3.05, 3.63) is 30.3 Å². The second-order valence-electron chi connectivity index (χ2n) is 5.11. The minimum atomic E-state index is -0.822. The van der Waals surface area contributed by atoms with Crippen LogP contribution in [-0.2, 0) is 9.53 Å². The van der Waals surface area contributed by atoms with E-state index in [0.29, 0.717) is 12.2 Å². The Morgan fingerprint density at radius 1 is 1.26 bits per heavy atom. The lowest BCUT2D eigenvalue weighted by molar-refractivity contribution is -0.157. The van der Waals surface area contributed by atoms with Gasteiger partial charge < -0.3 is 14.6 Å². The van der Waals surface area contributed by atoms with Gasteiger partial charge in [0.15, 0.2) is 0 Å². The Morgan fingerprint density at radius 3 is 2.47 bits per heavy atom. The second-order valence-corrected chi connectivity index (χ2v) is 5.11. The standard InChI is InChI=1S/C15H22O4/c1-4-15(2,3)14(17)19-11-12(16)10-18-13-8-6-5-7-9-13/h5-9,12,16H,4,10-11H2,1-3H3. The molecule has 0 spiro atoms. The molecule has 4 heteroatoms. The SMILES string of the molecule is CCC(C)(C)C(=O)OCC(O)COc1ccccc1. The molecule has 0 radical (unpaired) electrons. The Hall–Kier alpha value is -1.55. The third-order valence-corrected chi connectivity index (χ3v) is 3.03. The first kappa shape index (κ1) is 15.5. The van der Waals surface area contributed by atoms with Crippen LogP contribution in [-0.4, -0.2) is 30.4 Å². The third-order valence-electron chi connectivity index (χ3n) is 3.03. The van der Waals surface area contributed by atoms with Gasteiger partial charge in [0.05, 0.1) is 5.41 Å². The molecule has 1 unspecified atom stereocenters. The first-order valence-corrected chi connectivity index (χ1v) is 6.49. The molecule has 106 valence electrons. The fourth-order valence-electron chi connectivity index (χ4n) is 1.27. The molecule has 1 atom stereocenters. The van der Waals surface area contributed by atoms with Crippen LogP contribution in [0.1, 0.15) is 27.2 Å². The fraction of sp³-hybridized carbons (Fsp3) is 0.533. The summed E-state index contributed by atoms with van der Waals surface area (Å²) in [5, 5.41) is 9.70. The monoisotopic (exact) mass is 266 g/mol. The average molecular weight is 266 g/mol. The molecule has 19 heavy (non-hydrogen) atoms. The van der Waals surface area contributed by atoms with Crippen molar-refractivity contribution in [2.45, 2.75) is 33.3 Å². The van der Waals surface area contributed by atoms with Crippen LogP contribution in [0.2, 0.25) is 0 Å². The van der Waals surface area contributed by atoms with Crippen LogP contribution in [0.3, 0.4) is 0 Å². The normalized spacial score (nSPS) is 12.8. The van der Waals surface area contributed by atoms with E-state index in [1.54, 1.807) is 12.1 Å². The number of rotatable bonds is 7. The molecule has 0 bridgehead atoms. The summed E-state index contributed by atoms with van der Waals surface area (Å²) in [5.41, 5.74) is -0.514. The third kappa shape index (κ3) is 5.30. The van der Waals surface area contributed by atoms with Crippen LogP contribution in [0.25, 0.3) is 0 Å². The quantitative estimate of drug-likeness (QED) is 0.770. The van der Waals surface area contributed by atoms with Crippen molar-refractivity contribution in [2.75, 3.05) is 13.2 Å². The number of hydrogen-bond acceptors (Lipinski definition) is 4. The highest BCUT2D eigenvalue weighted by atomic mass is 16.5. The summed E-state index contributed by atoms with van der Waals surface area (Å²) < 4.78 is 10.4. The van der Waals surface area contributed by atoms with E-state index >= 15 is 0 Å². The molecular formula is C15H22O4. The van der Waals surface area contributed by atoms with E-state index in [9.17, 15) is 9.90 Å². The van der Waals surface area contributed by atoms with Gasteiger partial charge in [0.25, 0.3) is 0 Å². The molecule has 1 aromatic rings. The molecule has 0 aliphatic rings. The maximum atomic E-state index is 11.7. The minimum Gasteiger partial charge on any atom is -0.491 e. The number of carbonyl (C=O) groups excluding carboxylic acids is 1. The van der Waals surface area contributed by atoms with Crippen molar-refractivity contribution in [2.24, 2.45) is 5.41 Å². The van der Waals surface area contributed by atoms with Crippen molar-refractivity contribution in [3.63, 3.8) is 0 Å². The fourth-order valence-corrected chi connectivity index (χ4v) is 1.27. The minimum absolute atomic E-state index is 0.0465. The molecular weight excluding hydrogens is 244 g/mol. The van der Waals surface area contributed by atoms with E-state index < -0.39 is 11.5 Å². The van der Waals surface area contributed by atoms with Gasteiger partial charge in [-0.25, -0.2) is 0 Å². The molecule has 1 aromatic carbocycles. The van der Waals surface area contributed by atoms with E-state index in [1.165, 1.54) is 0 Å². The zero-order valence-electron chi connectivity index (χ0n) is 11.8. The lowest BCUT2D eigenvalue weighted by atomic mass is 9.91. The van der Waals surface area contributed by atoms with Gasteiger partial charge in [-0.15, -0.1) is 0 Å². The topological polar surface area (TPSA) is 55.8 Å². The smallest absolute Gasteiger partial charge is 0.311 e. The average Bonchev–Trinajstić information content (AvgIpc) is 2.43. The number of esters is 1. The summed E-state index contributed by atoms with van der Waals surface area (Å²) in [6.07, 6.45) is -0.126. The molecule has 1 N–H and O–H groups in total. The van der Waals surface area contributed by atoms with Crippen molar-refractivity contribution < 1.29 is 19.4 Å². The van der Waals surface area contributed by atoms with E-state index in [1.807, 2.05) is 39.0 Å². The summed E-state index contributed by atoms with van der Waals surface area (Å²) in [4.78, 5) is 11.7. The summed E-state index contributed by atoms with van der Waals surface area (Å²) in [6.45, 7) is 5.62. The van der Waals surface area contributed by atoms with E-state index in [-0.39, 0.29) is 19.2 Å². The molecule has 0 aliphatic carbocycles. The van der Waals surface area contributed by atoms with Crippen molar-refractivity contribution in [1.29, 1.82) is 0 Å². The Bertz CT molecular complexity index is 386. The number of aliphatic hydroxyl groups is 1. The molecule has 0 saturated heterocycles. The van der Waals surface area contributed by atoms with Crippen molar-refractivity contribution in [1.82, 2.24) is 0 Å². The molecule has 0 heterocycles. The number of carbonyl (C=O) groups is 1. The first-order valence-electron chi connectivity index (χ1n) is 6.49. The highest BCUT2D eigenvalue weighted by molar-refractivity contribution is 5.75. The van der Waals surface area contributed by atoms with Crippen molar-refractivity contribution in [3.8, 4) is 5.75 Å². The lowest BCUT2D eigenvalue weighted by Crippen LogP contribution is -2.31. The number of para-hydroxylation sites is 1. The Morgan fingerprint density at radius 2 is 1.89 bits per heavy atom. The van der Waals surface area contributed by atoms with Crippen LogP contribution >= 0.6 is 0 Å². The molecule has 0 fully saturated rings. The molecule has 0 aliphatic heterocycles. The number of benzene rings is 1. The summed E-state index contributed by atoms with van der Waals surface area (Å²) >= 11 is 0. The Balaban J connectivity index is 2.29. The van der Waals surface area contributed by atoms with Gasteiger partial charge in [0.1, 0.15) is 25.1 Å². The van der Waals surface area contributed by atoms with Gasteiger partial charge in [-0.2, -0.15) is 0 Å². The number of ether oxygens (including phenoxy) is 2. The molecule has 0 aromatic heterocycles. The molecule has 4 nitrogen and oxygen atoms in total. The van der Waals surface area contributed by atoms with Gasteiger partial charge in [-0.3, -0.25) is 4.79 Å². The molecule has 0 amide bonds. The highest BCUT2D eigenvalue weighted by Gasteiger charge is 2.27. The number of hydrogen-bond donors (Lipinski definition) is 1. The predicted octanol–water partition coefficient (Wildman–Crippen LogP) is 2.41. The van der Waals surface area contributed by atoms with Gasteiger partial charge in [-0.05, 0) is 32.4 Å². The van der Waals surface area contributed by atoms with E-state index in [0.717, 1.165) is 0 Å². The van der Waals surface area contributed by atoms with Crippen LogP contribution in [0.5, 0.6) is 5.75 Å².